The molecule has 7 heteroatoms. The van der Waals surface area contributed by atoms with E-state index in [0.717, 1.165) is 21.6 Å². The number of carbonyl (C=O) groups is 1. The van der Waals surface area contributed by atoms with Gasteiger partial charge >= 0.3 is 0 Å². The highest BCUT2D eigenvalue weighted by atomic mass is 32.1. The van der Waals surface area contributed by atoms with Gasteiger partial charge in [-0.05, 0) is 36.8 Å². The number of benzene rings is 2. The molecule has 4 rings (SSSR count). The van der Waals surface area contributed by atoms with E-state index in [-0.39, 0.29) is 18.3 Å². The first-order valence-electron chi connectivity index (χ1n) is 9.16. The fraction of sp³-hybridized carbons (Fsp3) is 0.136. The number of thiophene rings is 1. The molecule has 2 aromatic carbocycles. The van der Waals surface area contributed by atoms with Crippen molar-refractivity contribution in [3.8, 4) is 0 Å². The molecule has 1 amide bonds. The monoisotopic (exact) mass is 406 g/mol. The normalized spacial score (nSPS) is 10.8. The minimum Gasteiger partial charge on any atom is -0.365 e. The number of halogens is 1. The maximum atomic E-state index is 13.7. The number of anilines is 1. The van der Waals surface area contributed by atoms with Crippen molar-refractivity contribution < 1.29 is 9.18 Å². The highest BCUT2D eigenvalue weighted by Gasteiger charge is 2.09. The predicted molar refractivity (Wildman–Crippen MR) is 113 cm³/mol. The molecule has 0 aliphatic rings. The van der Waals surface area contributed by atoms with Crippen LogP contribution in [0.2, 0.25) is 0 Å². The second kappa shape index (κ2) is 8.36. The molecule has 2 N–H and O–H groups in total. The van der Waals surface area contributed by atoms with E-state index in [1.807, 2.05) is 19.1 Å². The largest absolute Gasteiger partial charge is 0.365 e. The molecule has 0 unspecified atom stereocenters. The van der Waals surface area contributed by atoms with Crippen molar-refractivity contribution in [2.75, 3.05) is 5.32 Å². The van der Waals surface area contributed by atoms with E-state index in [0.29, 0.717) is 17.7 Å². The molecule has 146 valence electrons. The Bertz CT molecular complexity index is 1160. The molecule has 29 heavy (non-hydrogen) atoms. The topological polar surface area (TPSA) is 66.9 Å². The van der Waals surface area contributed by atoms with Gasteiger partial charge in [0.1, 0.15) is 22.8 Å². The van der Waals surface area contributed by atoms with Crippen LogP contribution in [0.4, 0.5) is 10.2 Å². The summed E-state index contributed by atoms with van der Waals surface area (Å²) < 4.78 is 13.7. The van der Waals surface area contributed by atoms with E-state index in [2.05, 4.69) is 26.7 Å². The molecule has 4 aromatic rings. The molecule has 0 radical (unpaired) electrons. The SMILES string of the molecule is Cc1cc2c(NCc3ccc(C(=O)NCc4ccccc4F)cc3)ncnc2s1. The van der Waals surface area contributed by atoms with Gasteiger partial charge in [-0.2, -0.15) is 0 Å². The van der Waals surface area contributed by atoms with Crippen LogP contribution in [-0.2, 0) is 13.1 Å². The number of rotatable bonds is 6. The highest BCUT2D eigenvalue weighted by molar-refractivity contribution is 7.18. The Kier molecular flexibility index (Phi) is 5.48. The van der Waals surface area contributed by atoms with E-state index in [9.17, 15) is 9.18 Å². The molecule has 0 aliphatic carbocycles. The van der Waals surface area contributed by atoms with Gasteiger partial charge in [0.2, 0.25) is 0 Å². The molecule has 0 atom stereocenters. The summed E-state index contributed by atoms with van der Waals surface area (Å²) in [7, 11) is 0. The predicted octanol–water partition coefficient (Wildman–Crippen LogP) is 4.68. The van der Waals surface area contributed by atoms with Crippen molar-refractivity contribution in [1.29, 1.82) is 0 Å². The maximum Gasteiger partial charge on any atom is 0.251 e. The second-order valence-electron chi connectivity index (χ2n) is 6.62. The first-order chi connectivity index (χ1) is 14.1. The van der Waals surface area contributed by atoms with E-state index in [1.165, 1.54) is 10.9 Å². The van der Waals surface area contributed by atoms with Gasteiger partial charge in [-0.3, -0.25) is 4.79 Å². The van der Waals surface area contributed by atoms with Gasteiger partial charge in [0.15, 0.2) is 0 Å². The number of carbonyl (C=O) groups excluding carboxylic acids is 1. The fourth-order valence-corrected chi connectivity index (χ4v) is 3.84. The standard InChI is InChI=1S/C22H19FN4OS/c1-14-10-18-20(26-13-27-22(18)29-14)24-11-15-6-8-16(9-7-15)21(28)25-12-17-4-2-3-5-19(17)23/h2-10,13H,11-12H2,1H3,(H,25,28)(H,24,26,27). The number of fused-ring (bicyclic) bond motifs is 1. The molecule has 0 aliphatic heterocycles. The maximum absolute atomic E-state index is 13.7. The first kappa shape index (κ1) is 19.0. The highest BCUT2D eigenvalue weighted by Crippen LogP contribution is 2.27. The van der Waals surface area contributed by atoms with Crippen molar-refractivity contribution in [3.05, 3.63) is 88.3 Å². The van der Waals surface area contributed by atoms with Gasteiger partial charge in [0, 0.05) is 29.1 Å². The van der Waals surface area contributed by atoms with Crippen LogP contribution in [0.1, 0.15) is 26.4 Å². The van der Waals surface area contributed by atoms with Crippen molar-refractivity contribution in [2.24, 2.45) is 0 Å². The summed E-state index contributed by atoms with van der Waals surface area (Å²) in [4.78, 5) is 23.1. The van der Waals surface area contributed by atoms with Gasteiger partial charge < -0.3 is 10.6 Å². The van der Waals surface area contributed by atoms with Crippen LogP contribution >= 0.6 is 11.3 Å². The molecular formula is C22H19FN4OS. The van der Waals surface area contributed by atoms with Gasteiger partial charge in [-0.25, -0.2) is 14.4 Å². The summed E-state index contributed by atoms with van der Waals surface area (Å²) in [5.41, 5.74) is 2.01. The van der Waals surface area contributed by atoms with Crippen LogP contribution in [-0.4, -0.2) is 15.9 Å². The second-order valence-corrected chi connectivity index (χ2v) is 7.86. The number of amides is 1. The van der Waals surface area contributed by atoms with E-state index < -0.39 is 0 Å². The summed E-state index contributed by atoms with van der Waals surface area (Å²) in [6.45, 7) is 2.78. The molecule has 0 bridgehead atoms. The smallest absolute Gasteiger partial charge is 0.251 e. The summed E-state index contributed by atoms with van der Waals surface area (Å²) in [6.07, 6.45) is 1.56. The zero-order valence-corrected chi connectivity index (χ0v) is 16.6. The molecule has 5 nitrogen and oxygen atoms in total. The molecule has 0 saturated carbocycles. The number of aromatic nitrogens is 2. The lowest BCUT2D eigenvalue weighted by Crippen LogP contribution is -2.23. The summed E-state index contributed by atoms with van der Waals surface area (Å²) in [5.74, 6) is 0.235. The minimum absolute atomic E-state index is 0.151. The van der Waals surface area contributed by atoms with Crippen molar-refractivity contribution >= 4 is 33.3 Å². The number of hydrogen-bond acceptors (Lipinski definition) is 5. The quantitative estimate of drug-likeness (QED) is 0.488. The zero-order valence-electron chi connectivity index (χ0n) is 15.8. The molecule has 2 aromatic heterocycles. The Morgan fingerprint density at radius 1 is 1.07 bits per heavy atom. The van der Waals surface area contributed by atoms with Crippen LogP contribution in [0.5, 0.6) is 0 Å². The van der Waals surface area contributed by atoms with E-state index in [4.69, 9.17) is 0 Å². The van der Waals surface area contributed by atoms with Crippen LogP contribution in [0.15, 0.2) is 60.9 Å². The third-order valence-corrected chi connectivity index (χ3v) is 5.48. The molecule has 0 spiro atoms. The van der Waals surface area contributed by atoms with Crippen molar-refractivity contribution in [3.63, 3.8) is 0 Å². The summed E-state index contributed by atoms with van der Waals surface area (Å²) >= 11 is 1.64. The zero-order chi connectivity index (χ0) is 20.2. The van der Waals surface area contributed by atoms with Crippen LogP contribution < -0.4 is 10.6 Å². The van der Waals surface area contributed by atoms with Crippen molar-refractivity contribution in [1.82, 2.24) is 15.3 Å². The minimum atomic E-state index is -0.325. The number of aryl methyl sites for hydroxylation is 1. The molecule has 0 saturated heterocycles. The number of nitrogens with one attached hydrogen (secondary N) is 2. The van der Waals surface area contributed by atoms with Gasteiger partial charge in [-0.15, -0.1) is 11.3 Å². The number of hydrogen-bond donors (Lipinski definition) is 2. The third-order valence-electron chi connectivity index (χ3n) is 4.53. The van der Waals surface area contributed by atoms with E-state index >= 15 is 0 Å². The van der Waals surface area contributed by atoms with Crippen molar-refractivity contribution in [2.45, 2.75) is 20.0 Å². The first-order valence-corrected chi connectivity index (χ1v) is 9.97. The lowest BCUT2D eigenvalue weighted by molar-refractivity contribution is 0.0950. The lowest BCUT2D eigenvalue weighted by atomic mass is 10.1. The van der Waals surface area contributed by atoms with Crippen LogP contribution in [0.25, 0.3) is 10.2 Å². The van der Waals surface area contributed by atoms with Gasteiger partial charge in [0.25, 0.3) is 5.91 Å². The average Bonchev–Trinajstić information content (AvgIpc) is 3.12. The Balaban J connectivity index is 1.37. The molecular weight excluding hydrogens is 387 g/mol. The lowest BCUT2D eigenvalue weighted by Gasteiger charge is -2.09. The average molecular weight is 406 g/mol. The number of nitrogens with zero attached hydrogens (tertiary/aromatic N) is 2. The Morgan fingerprint density at radius 2 is 1.86 bits per heavy atom. The third kappa shape index (κ3) is 4.41. The fourth-order valence-electron chi connectivity index (χ4n) is 3.00. The van der Waals surface area contributed by atoms with E-state index in [1.54, 1.807) is 48.0 Å². The Hall–Kier alpha value is -3.32. The molecule has 2 heterocycles. The Labute approximate surface area is 171 Å². The molecule has 0 fully saturated rings. The van der Waals surface area contributed by atoms with Gasteiger partial charge in [0.05, 0.1) is 5.39 Å². The summed E-state index contributed by atoms with van der Waals surface area (Å²) in [6, 6.07) is 15.8. The van der Waals surface area contributed by atoms with Gasteiger partial charge in [-0.1, -0.05) is 30.3 Å². The summed E-state index contributed by atoms with van der Waals surface area (Å²) in [5, 5.41) is 7.09. The Morgan fingerprint density at radius 3 is 2.66 bits per heavy atom. The van der Waals surface area contributed by atoms with Crippen LogP contribution in [0.3, 0.4) is 0 Å². The van der Waals surface area contributed by atoms with Crippen LogP contribution in [0, 0.1) is 12.7 Å².